The van der Waals surface area contributed by atoms with E-state index in [4.69, 9.17) is 9.31 Å². The van der Waals surface area contributed by atoms with Crippen LogP contribution in [0.1, 0.15) is 27.7 Å². The fourth-order valence-corrected chi connectivity index (χ4v) is 3.00. The molecule has 3 rings (SSSR count). The van der Waals surface area contributed by atoms with Crippen LogP contribution in [-0.4, -0.2) is 22.9 Å². The van der Waals surface area contributed by atoms with Gasteiger partial charge in [-0.05, 0) is 63.4 Å². The molecule has 1 saturated heterocycles. The zero-order valence-corrected chi connectivity index (χ0v) is 16.1. The van der Waals surface area contributed by atoms with E-state index in [0.29, 0.717) is 16.5 Å². The van der Waals surface area contributed by atoms with E-state index in [0.717, 1.165) is 0 Å². The van der Waals surface area contributed by atoms with E-state index >= 15 is 0 Å². The number of hydrogen-bond acceptors (Lipinski definition) is 3. The van der Waals surface area contributed by atoms with Gasteiger partial charge in [0, 0.05) is 22.7 Å². The summed E-state index contributed by atoms with van der Waals surface area (Å²) >= 11 is 0. The molecule has 0 aliphatic carbocycles. The molecule has 0 amide bonds. The number of aromatic nitrogens is 1. The number of nitrogens with zero attached hydrogens (tertiary/aromatic N) is 1. The first kappa shape index (κ1) is 19.3. The molecule has 6 heteroatoms. The van der Waals surface area contributed by atoms with Gasteiger partial charge in [-0.2, -0.15) is 0 Å². The van der Waals surface area contributed by atoms with Gasteiger partial charge in [0.2, 0.25) is 0 Å². The van der Waals surface area contributed by atoms with Gasteiger partial charge in [-0.1, -0.05) is 19.2 Å². The number of benzene rings is 1. The molecule has 0 N–H and O–H groups in total. The van der Waals surface area contributed by atoms with Crippen LogP contribution in [0.4, 0.5) is 4.39 Å². The Hall–Kier alpha value is -2.44. The minimum Gasteiger partial charge on any atom is -0.399 e. The smallest absolute Gasteiger partial charge is 0.399 e. The predicted octanol–water partition coefficient (Wildman–Crippen LogP) is 3.65. The van der Waals surface area contributed by atoms with Crippen molar-refractivity contribution >= 4 is 29.1 Å². The molecule has 27 heavy (non-hydrogen) atoms. The summed E-state index contributed by atoms with van der Waals surface area (Å²) < 4.78 is 28.1. The molecule has 0 bridgehead atoms. The Morgan fingerprint density at radius 3 is 2.37 bits per heavy atom. The summed E-state index contributed by atoms with van der Waals surface area (Å²) in [7, 11) is -0.880. The van der Waals surface area contributed by atoms with Gasteiger partial charge in [0.1, 0.15) is 5.82 Å². The highest BCUT2D eigenvalue weighted by atomic mass is 19.1. The van der Waals surface area contributed by atoms with Gasteiger partial charge in [-0.3, -0.25) is 9.36 Å². The Bertz CT molecular complexity index is 1000. The first-order chi connectivity index (χ1) is 12.6. The van der Waals surface area contributed by atoms with E-state index < -0.39 is 24.1 Å². The third kappa shape index (κ3) is 3.20. The average Bonchev–Trinajstić information content (AvgIpc) is 2.80. The van der Waals surface area contributed by atoms with Gasteiger partial charge in [0.25, 0.3) is 5.56 Å². The van der Waals surface area contributed by atoms with Crippen molar-refractivity contribution < 1.29 is 13.7 Å². The molecule has 0 atom stereocenters. The van der Waals surface area contributed by atoms with E-state index in [2.05, 4.69) is 13.2 Å². The molecule has 2 heterocycles. The minimum atomic E-state index is -0.880. The van der Waals surface area contributed by atoms with Crippen molar-refractivity contribution in [3.63, 3.8) is 0 Å². The molecule has 140 valence electrons. The van der Waals surface area contributed by atoms with Crippen molar-refractivity contribution in [2.75, 3.05) is 0 Å². The molecular formula is C21H23BFNO3. The highest BCUT2D eigenvalue weighted by Crippen LogP contribution is 2.36. The van der Waals surface area contributed by atoms with Crippen LogP contribution in [-0.2, 0) is 9.31 Å². The minimum absolute atomic E-state index is 0.212. The number of rotatable bonds is 4. The summed E-state index contributed by atoms with van der Waals surface area (Å²) in [6, 6.07) is 4.54. The third-order valence-electron chi connectivity index (χ3n) is 5.30. The van der Waals surface area contributed by atoms with Crippen LogP contribution in [0.2, 0.25) is 0 Å². The molecule has 1 aromatic heterocycles. The van der Waals surface area contributed by atoms with Crippen molar-refractivity contribution in [3.8, 4) is 0 Å². The zero-order valence-electron chi connectivity index (χ0n) is 16.1. The molecule has 2 aromatic rings. The van der Waals surface area contributed by atoms with Crippen molar-refractivity contribution in [2.45, 2.75) is 38.9 Å². The van der Waals surface area contributed by atoms with Crippen LogP contribution in [0.15, 0.2) is 60.6 Å². The molecular weight excluding hydrogens is 344 g/mol. The van der Waals surface area contributed by atoms with E-state index in [1.54, 1.807) is 30.5 Å². The van der Waals surface area contributed by atoms with Crippen LogP contribution < -0.4 is 11.0 Å². The summed E-state index contributed by atoms with van der Waals surface area (Å²) in [5.74, 6) is -0.469. The molecule has 0 radical (unpaired) electrons. The summed E-state index contributed by atoms with van der Waals surface area (Å²) in [5.41, 5.74) is -0.683. The standard InChI is InChI=1S/C21H23BFNO3/c1-7-9-15(8-2)24-11-10-14-12-18(23)17(13-16(14)19(24)25)22-26-20(3,4)21(5,6)27-22/h7-13H,1-2H2,3-6H3/b15-9+. The monoisotopic (exact) mass is 367 g/mol. The zero-order chi connectivity index (χ0) is 20.0. The molecule has 1 fully saturated rings. The number of halogens is 1. The molecule has 4 nitrogen and oxygen atoms in total. The predicted molar refractivity (Wildman–Crippen MR) is 109 cm³/mol. The largest absolute Gasteiger partial charge is 0.497 e. The molecule has 1 aromatic carbocycles. The highest BCUT2D eigenvalue weighted by molar-refractivity contribution is 6.62. The molecule has 0 unspecified atom stereocenters. The summed E-state index contributed by atoms with van der Waals surface area (Å²) in [4.78, 5) is 13.0. The Morgan fingerprint density at radius 2 is 1.81 bits per heavy atom. The SMILES string of the molecule is C=C/C=C(\C=C)n1ccc2cc(F)c(B3OC(C)(C)C(C)(C)O3)cc2c1=O. The normalized spacial score (nSPS) is 18.7. The van der Waals surface area contributed by atoms with Crippen LogP contribution in [0.3, 0.4) is 0 Å². The number of pyridine rings is 1. The van der Waals surface area contributed by atoms with Crippen LogP contribution in [0.25, 0.3) is 16.5 Å². The molecule has 0 saturated carbocycles. The Balaban J connectivity index is 2.17. The van der Waals surface area contributed by atoms with Crippen LogP contribution in [0.5, 0.6) is 0 Å². The van der Waals surface area contributed by atoms with E-state index in [-0.39, 0.29) is 11.0 Å². The lowest BCUT2D eigenvalue weighted by atomic mass is 9.78. The molecule has 1 aliphatic heterocycles. The van der Waals surface area contributed by atoms with Gasteiger partial charge in [-0.15, -0.1) is 0 Å². The lowest BCUT2D eigenvalue weighted by molar-refractivity contribution is 0.00578. The van der Waals surface area contributed by atoms with Crippen molar-refractivity contribution in [1.29, 1.82) is 0 Å². The highest BCUT2D eigenvalue weighted by Gasteiger charge is 2.52. The summed E-state index contributed by atoms with van der Waals surface area (Å²) in [6.45, 7) is 15.0. The summed E-state index contributed by atoms with van der Waals surface area (Å²) in [5, 5.41) is 0.886. The van der Waals surface area contributed by atoms with Gasteiger partial charge in [0.05, 0.1) is 11.2 Å². The average molecular weight is 367 g/mol. The van der Waals surface area contributed by atoms with Gasteiger partial charge in [-0.25, -0.2) is 4.39 Å². The van der Waals surface area contributed by atoms with Crippen LogP contribution >= 0.6 is 0 Å². The number of fused-ring (bicyclic) bond motifs is 1. The van der Waals surface area contributed by atoms with E-state index in [1.807, 2.05) is 27.7 Å². The Kier molecular flexibility index (Phi) is 4.74. The van der Waals surface area contributed by atoms with E-state index in [9.17, 15) is 9.18 Å². The summed E-state index contributed by atoms with van der Waals surface area (Å²) in [6.07, 6.45) is 6.41. The second-order valence-corrected chi connectivity index (χ2v) is 7.57. The fourth-order valence-electron chi connectivity index (χ4n) is 3.00. The quantitative estimate of drug-likeness (QED) is 0.612. The molecule has 1 aliphatic rings. The maximum absolute atomic E-state index is 14.7. The Labute approximate surface area is 158 Å². The Morgan fingerprint density at radius 1 is 1.19 bits per heavy atom. The molecule has 0 spiro atoms. The second-order valence-electron chi connectivity index (χ2n) is 7.57. The second kappa shape index (κ2) is 6.62. The van der Waals surface area contributed by atoms with E-state index in [1.165, 1.54) is 16.7 Å². The number of allylic oxidation sites excluding steroid dienone is 4. The van der Waals surface area contributed by atoms with Gasteiger partial charge in [0.15, 0.2) is 0 Å². The lowest BCUT2D eigenvalue weighted by Gasteiger charge is -2.32. The van der Waals surface area contributed by atoms with Crippen molar-refractivity contribution in [3.05, 3.63) is 72.0 Å². The van der Waals surface area contributed by atoms with Crippen molar-refractivity contribution in [1.82, 2.24) is 4.57 Å². The fraction of sp³-hybridized carbons (Fsp3) is 0.286. The third-order valence-corrected chi connectivity index (χ3v) is 5.30. The number of hydrogen-bond donors (Lipinski definition) is 0. The first-order valence-corrected chi connectivity index (χ1v) is 8.77. The maximum Gasteiger partial charge on any atom is 0.497 e. The lowest BCUT2D eigenvalue weighted by Crippen LogP contribution is -2.41. The maximum atomic E-state index is 14.7. The van der Waals surface area contributed by atoms with Crippen molar-refractivity contribution in [2.24, 2.45) is 0 Å². The van der Waals surface area contributed by atoms with Gasteiger partial charge >= 0.3 is 7.12 Å². The van der Waals surface area contributed by atoms with Crippen LogP contribution in [0, 0.1) is 5.82 Å². The first-order valence-electron chi connectivity index (χ1n) is 8.77. The van der Waals surface area contributed by atoms with Gasteiger partial charge < -0.3 is 9.31 Å². The topological polar surface area (TPSA) is 40.5 Å².